The van der Waals surface area contributed by atoms with E-state index in [2.05, 4.69) is 5.32 Å². The molecule has 0 aromatic heterocycles. The molecule has 0 unspecified atom stereocenters. The molecule has 0 radical (unpaired) electrons. The number of hydrogen-bond acceptors (Lipinski definition) is 4. The predicted octanol–water partition coefficient (Wildman–Crippen LogP) is 3.98. The fraction of sp³-hybridized carbons (Fsp3) is 0.364. The Bertz CT molecular complexity index is 1180. The average molecular weight is 536 g/mol. The lowest BCUT2D eigenvalue weighted by Crippen LogP contribution is -2.52. The minimum atomic E-state index is -4.08. The third-order valence-electron chi connectivity index (χ3n) is 4.82. The largest absolute Gasteiger partial charge is 0.352 e. The zero-order valence-electron chi connectivity index (χ0n) is 19.0. The van der Waals surface area contributed by atoms with Gasteiger partial charge in [0.25, 0.3) is 0 Å². The summed E-state index contributed by atoms with van der Waals surface area (Å²) in [6.45, 7) is 4.11. The van der Waals surface area contributed by atoms with Crippen molar-refractivity contribution in [1.29, 1.82) is 0 Å². The molecular formula is C22H25Cl2F2N3O4S. The molecule has 0 aliphatic carbocycles. The van der Waals surface area contributed by atoms with Gasteiger partial charge in [-0.05, 0) is 50.6 Å². The van der Waals surface area contributed by atoms with Crippen molar-refractivity contribution in [2.24, 2.45) is 0 Å². The number of nitrogens with one attached hydrogen (secondary N) is 1. The standard InChI is InChI=1S/C22H25Cl2F2N3O4S/c1-13(2)27-22(31)14(3)28(11-15-5-6-16(23)9-18(15)24)21(30)12-29(34(4,32)33)17-7-8-19(25)20(26)10-17/h5-10,13-14H,11-12H2,1-4H3,(H,27,31)/t14-/m0/s1. The second kappa shape index (κ2) is 11.3. The first kappa shape index (κ1) is 27.8. The molecule has 0 aliphatic rings. The van der Waals surface area contributed by atoms with Crippen LogP contribution in [0.3, 0.4) is 0 Å². The van der Waals surface area contributed by atoms with Crippen molar-refractivity contribution in [3.8, 4) is 0 Å². The molecule has 0 bridgehead atoms. The lowest BCUT2D eigenvalue weighted by atomic mass is 10.1. The van der Waals surface area contributed by atoms with Crippen LogP contribution in [-0.2, 0) is 26.2 Å². The van der Waals surface area contributed by atoms with E-state index in [4.69, 9.17) is 23.2 Å². The SMILES string of the molecule is CC(C)NC(=O)[C@H](C)N(Cc1ccc(Cl)cc1Cl)C(=O)CN(c1ccc(F)c(F)c1)S(C)(=O)=O. The molecule has 2 aromatic carbocycles. The number of rotatable bonds is 9. The first-order valence-corrected chi connectivity index (χ1v) is 12.8. The maximum Gasteiger partial charge on any atom is 0.244 e. The molecule has 2 aromatic rings. The van der Waals surface area contributed by atoms with E-state index in [1.165, 1.54) is 13.0 Å². The zero-order chi connectivity index (χ0) is 25.8. The van der Waals surface area contributed by atoms with Gasteiger partial charge in [-0.1, -0.05) is 29.3 Å². The molecule has 2 rings (SSSR count). The van der Waals surface area contributed by atoms with Crippen molar-refractivity contribution in [1.82, 2.24) is 10.2 Å². The molecule has 0 saturated carbocycles. The second-order valence-corrected chi connectivity index (χ2v) is 10.7. The van der Waals surface area contributed by atoms with E-state index < -0.39 is 46.1 Å². The van der Waals surface area contributed by atoms with Gasteiger partial charge in [0.05, 0.1) is 11.9 Å². The third-order valence-corrected chi connectivity index (χ3v) is 6.55. The minimum Gasteiger partial charge on any atom is -0.352 e. The molecule has 0 heterocycles. The summed E-state index contributed by atoms with van der Waals surface area (Å²) in [6.07, 6.45) is 0.830. The fourth-order valence-corrected chi connectivity index (χ4v) is 4.38. The predicted molar refractivity (Wildman–Crippen MR) is 128 cm³/mol. The highest BCUT2D eigenvalue weighted by Gasteiger charge is 2.31. The summed E-state index contributed by atoms with van der Waals surface area (Å²) in [5.41, 5.74) is 0.237. The molecule has 1 atom stereocenters. The van der Waals surface area contributed by atoms with Crippen LogP contribution in [0.25, 0.3) is 0 Å². The van der Waals surface area contributed by atoms with E-state index in [1.807, 2.05) is 0 Å². The van der Waals surface area contributed by atoms with Crippen LogP contribution in [0, 0.1) is 11.6 Å². The van der Waals surface area contributed by atoms with Gasteiger partial charge in [-0.2, -0.15) is 0 Å². The van der Waals surface area contributed by atoms with Gasteiger partial charge in [0, 0.05) is 28.7 Å². The van der Waals surface area contributed by atoms with Crippen LogP contribution in [0.15, 0.2) is 36.4 Å². The summed E-state index contributed by atoms with van der Waals surface area (Å²) in [5.74, 6) is -3.66. The molecule has 34 heavy (non-hydrogen) atoms. The quantitative estimate of drug-likeness (QED) is 0.526. The molecule has 7 nitrogen and oxygen atoms in total. The van der Waals surface area contributed by atoms with E-state index >= 15 is 0 Å². The number of halogens is 4. The van der Waals surface area contributed by atoms with Gasteiger partial charge < -0.3 is 10.2 Å². The summed E-state index contributed by atoms with van der Waals surface area (Å²) in [4.78, 5) is 27.2. The van der Waals surface area contributed by atoms with Crippen LogP contribution >= 0.6 is 23.2 Å². The van der Waals surface area contributed by atoms with Crippen LogP contribution < -0.4 is 9.62 Å². The van der Waals surface area contributed by atoms with E-state index in [9.17, 15) is 26.8 Å². The Kier molecular flexibility index (Phi) is 9.27. The maximum atomic E-state index is 13.8. The Morgan fingerprint density at radius 3 is 2.21 bits per heavy atom. The number of nitrogens with zero attached hydrogens (tertiary/aromatic N) is 2. The molecule has 0 aliphatic heterocycles. The minimum absolute atomic E-state index is 0.128. The van der Waals surface area contributed by atoms with Gasteiger partial charge in [-0.25, -0.2) is 17.2 Å². The molecule has 1 N–H and O–H groups in total. The van der Waals surface area contributed by atoms with Gasteiger partial charge in [0.1, 0.15) is 12.6 Å². The number of sulfonamides is 1. The number of anilines is 1. The number of carbonyl (C=O) groups excluding carboxylic acids is 2. The zero-order valence-corrected chi connectivity index (χ0v) is 21.3. The first-order chi connectivity index (χ1) is 15.7. The average Bonchev–Trinajstić information content (AvgIpc) is 2.71. The maximum absolute atomic E-state index is 13.8. The highest BCUT2D eigenvalue weighted by Crippen LogP contribution is 2.25. The van der Waals surface area contributed by atoms with E-state index in [-0.39, 0.29) is 23.3 Å². The van der Waals surface area contributed by atoms with Gasteiger partial charge >= 0.3 is 0 Å². The van der Waals surface area contributed by atoms with Gasteiger partial charge in [0.2, 0.25) is 21.8 Å². The molecule has 186 valence electrons. The Balaban J connectivity index is 2.44. The van der Waals surface area contributed by atoms with Crippen molar-refractivity contribution in [2.75, 3.05) is 17.1 Å². The normalized spacial score (nSPS) is 12.4. The molecule has 0 saturated heterocycles. The Labute approximate surface area is 207 Å². The number of benzene rings is 2. The highest BCUT2D eigenvalue weighted by molar-refractivity contribution is 7.92. The Morgan fingerprint density at radius 1 is 1.03 bits per heavy atom. The molecule has 12 heteroatoms. The molecule has 0 spiro atoms. The van der Waals surface area contributed by atoms with Gasteiger partial charge in [-0.3, -0.25) is 13.9 Å². The van der Waals surface area contributed by atoms with Gasteiger partial charge in [0.15, 0.2) is 11.6 Å². The van der Waals surface area contributed by atoms with Crippen molar-refractivity contribution < 1.29 is 26.8 Å². The summed E-state index contributed by atoms with van der Waals surface area (Å²) >= 11 is 12.2. The van der Waals surface area contributed by atoms with Gasteiger partial charge in [-0.15, -0.1) is 0 Å². The van der Waals surface area contributed by atoms with Crippen molar-refractivity contribution >= 4 is 50.7 Å². The lowest BCUT2D eigenvalue weighted by Gasteiger charge is -2.32. The molecule has 0 fully saturated rings. The lowest BCUT2D eigenvalue weighted by molar-refractivity contribution is -0.139. The second-order valence-electron chi connectivity index (χ2n) is 7.96. The summed E-state index contributed by atoms with van der Waals surface area (Å²) in [6, 6.07) is 5.90. The van der Waals surface area contributed by atoms with E-state index in [0.29, 0.717) is 21.0 Å². The Morgan fingerprint density at radius 2 is 1.68 bits per heavy atom. The fourth-order valence-electron chi connectivity index (χ4n) is 3.08. The topological polar surface area (TPSA) is 86.8 Å². The van der Waals surface area contributed by atoms with Crippen molar-refractivity contribution in [3.05, 3.63) is 63.6 Å². The van der Waals surface area contributed by atoms with Crippen molar-refractivity contribution in [2.45, 2.75) is 39.4 Å². The van der Waals surface area contributed by atoms with Crippen LogP contribution in [0.1, 0.15) is 26.3 Å². The monoisotopic (exact) mass is 535 g/mol. The number of carbonyl (C=O) groups is 2. The summed E-state index contributed by atoms with van der Waals surface area (Å²) in [7, 11) is -4.08. The van der Waals surface area contributed by atoms with E-state index in [0.717, 1.165) is 23.3 Å². The smallest absolute Gasteiger partial charge is 0.244 e. The molecule has 2 amide bonds. The van der Waals surface area contributed by atoms with Crippen LogP contribution in [0.5, 0.6) is 0 Å². The number of amides is 2. The number of hydrogen-bond donors (Lipinski definition) is 1. The first-order valence-electron chi connectivity index (χ1n) is 10.2. The van der Waals surface area contributed by atoms with Crippen LogP contribution in [0.2, 0.25) is 10.0 Å². The van der Waals surface area contributed by atoms with E-state index in [1.54, 1.807) is 26.0 Å². The highest BCUT2D eigenvalue weighted by atomic mass is 35.5. The summed E-state index contributed by atoms with van der Waals surface area (Å²) < 4.78 is 52.6. The Hall–Kier alpha value is -2.43. The third kappa shape index (κ3) is 7.28. The van der Waals surface area contributed by atoms with Crippen molar-refractivity contribution in [3.63, 3.8) is 0 Å². The molecular weight excluding hydrogens is 511 g/mol. The van der Waals surface area contributed by atoms with Crippen LogP contribution in [0.4, 0.5) is 14.5 Å². The van der Waals surface area contributed by atoms with Crippen LogP contribution in [-0.4, -0.2) is 50.0 Å². The summed E-state index contributed by atoms with van der Waals surface area (Å²) in [5, 5.41) is 3.33.